The SMILES string of the molecule is CC/C=C\C/C=C\C/C=C\CCCCCCCC(=O)OC[C@H](COC(=O)CCCCCCCCCCCCCCC)OC(=O)CCCCCCC/C=C\CCCC. The smallest absolute Gasteiger partial charge is 0.306 e. The average Bonchev–Trinajstić information content (AvgIpc) is 3.21. The first-order chi connectivity index (χ1) is 28.0. The third-order valence-corrected chi connectivity index (χ3v) is 10.3. The molecule has 0 unspecified atom stereocenters. The summed E-state index contributed by atoms with van der Waals surface area (Å²) in [4.78, 5) is 37.8. The first-order valence-electron chi connectivity index (χ1n) is 24.1. The predicted octanol–water partition coefficient (Wildman–Crippen LogP) is 15.5. The highest BCUT2D eigenvalue weighted by Crippen LogP contribution is 2.15. The van der Waals surface area contributed by atoms with E-state index in [0.29, 0.717) is 19.3 Å². The van der Waals surface area contributed by atoms with Gasteiger partial charge in [-0.25, -0.2) is 0 Å². The number of allylic oxidation sites excluding steroid dienone is 8. The first-order valence-corrected chi connectivity index (χ1v) is 24.1. The van der Waals surface area contributed by atoms with Crippen molar-refractivity contribution >= 4 is 17.9 Å². The van der Waals surface area contributed by atoms with E-state index in [1.807, 2.05) is 0 Å². The quantitative estimate of drug-likeness (QED) is 0.0265. The van der Waals surface area contributed by atoms with Gasteiger partial charge in [0.25, 0.3) is 0 Å². The molecule has 0 aromatic heterocycles. The lowest BCUT2D eigenvalue weighted by atomic mass is 10.0. The maximum atomic E-state index is 12.7. The number of hydrogen-bond donors (Lipinski definition) is 0. The third-order valence-electron chi connectivity index (χ3n) is 10.3. The van der Waals surface area contributed by atoms with E-state index in [-0.39, 0.29) is 31.1 Å². The molecule has 0 saturated carbocycles. The van der Waals surface area contributed by atoms with Crippen molar-refractivity contribution in [2.24, 2.45) is 0 Å². The van der Waals surface area contributed by atoms with Crippen LogP contribution in [0.4, 0.5) is 0 Å². The van der Waals surface area contributed by atoms with Crippen LogP contribution >= 0.6 is 0 Å². The number of carbonyl (C=O) groups excluding carboxylic acids is 3. The zero-order chi connectivity index (χ0) is 41.5. The Morgan fingerprint density at radius 1 is 0.368 bits per heavy atom. The van der Waals surface area contributed by atoms with Crippen LogP contribution in [0.3, 0.4) is 0 Å². The van der Waals surface area contributed by atoms with E-state index in [2.05, 4.69) is 69.4 Å². The van der Waals surface area contributed by atoms with Gasteiger partial charge < -0.3 is 14.2 Å². The standard InChI is InChI=1S/C51H90O6/c1-4-7-10-13-16-19-22-24-25-27-30-32-35-38-41-44-50(53)56-47-48(57-51(54)45-42-39-36-33-28-21-18-15-12-9-6-3)46-55-49(52)43-40-37-34-31-29-26-23-20-17-14-11-8-5-2/h7,10,15-16,18-19,24-25,48H,4-6,8-9,11-14,17,20-23,26-47H2,1-3H3/b10-7-,18-15-,19-16-,25-24-/t48-/m0/s1. The fourth-order valence-corrected chi connectivity index (χ4v) is 6.67. The van der Waals surface area contributed by atoms with Gasteiger partial charge in [-0.1, -0.05) is 198 Å². The molecule has 0 spiro atoms. The molecule has 330 valence electrons. The van der Waals surface area contributed by atoms with Gasteiger partial charge in [0.1, 0.15) is 13.2 Å². The van der Waals surface area contributed by atoms with Crippen molar-refractivity contribution in [2.45, 2.75) is 245 Å². The van der Waals surface area contributed by atoms with Crippen LogP contribution < -0.4 is 0 Å². The topological polar surface area (TPSA) is 78.9 Å². The summed E-state index contributed by atoms with van der Waals surface area (Å²) in [7, 11) is 0. The van der Waals surface area contributed by atoms with Gasteiger partial charge in [0.15, 0.2) is 6.10 Å². The summed E-state index contributed by atoms with van der Waals surface area (Å²) in [5, 5.41) is 0. The van der Waals surface area contributed by atoms with Crippen molar-refractivity contribution in [3.63, 3.8) is 0 Å². The molecule has 0 fully saturated rings. The number of hydrogen-bond acceptors (Lipinski definition) is 6. The van der Waals surface area contributed by atoms with E-state index in [9.17, 15) is 14.4 Å². The molecule has 1 atom stereocenters. The van der Waals surface area contributed by atoms with E-state index < -0.39 is 6.10 Å². The number of esters is 3. The van der Waals surface area contributed by atoms with Crippen LogP contribution in [0.25, 0.3) is 0 Å². The van der Waals surface area contributed by atoms with Gasteiger partial charge >= 0.3 is 17.9 Å². The van der Waals surface area contributed by atoms with Crippen LogP contribution in [-0.2, 0) is 28.6 Å². The molecule has 57 heavy (non-hydrogen) atoms. The van der Waals surface area contributed by atoms with Crippen molar-refractivity contribution in [3.8, 4) is 0 Å². The first kappa shape index (κ1) is 54.4. The van der Waals surface area contributed by atoms with Gasteiger partial charge in [0.05, 0.1) is 0 Å². The van der Waals surface area contributed by atoms with Crippen LogP contribution in [0.5, 0.6) is 0 Å². The molecule has 6 heteroatoms. The van der Waals surface area contributed by atoms with E-state index in [0.717, 1.165) is 109 Å². The van der Waals surface area contributed by atoms with Crippen LogP contribution in [0.1, 0.15) is 239 Å². The molecule has 0 radical (unpaired) electrons. The largest absolute Gasteiger partial charge is 0.462 e. The van der Waals surface area contributed by atoms with Crippen molar-refractivity contribution < 1.29 is 28.6 Å². The Kier molecular flexibility index (Phi) is 43.9. The van der Waals surface area contributed by atoms with Gasteiger partial charge in [-0.2, -0.15) is 0 Å². The molecule has 0 aliphatic carbocycles. The van der Waals surface area contributed by atoms with Gasteiger partial charge in [0, 0.05) is 19.3 Å². The number of ether oxygens (including phenoxy) is 3. The Morgan fingerprint density at radius 2 is 0.702 bits per heavy atom. The molecular weight excluding hydrogens is 709 g/mol. The Hall–Kier alpha value is -2.63. The second-order valence-electron chi connectivity index (χ2n) is 16.0. The number of unbranched alkanes of at least 4 members (excludes halogenated alkanes) is 24. The minimum atomic E-state index is -0.780. The van der Waals surface area contributed by atoms with Gasteiger partial charge in [-0.3, -0.25) is 14.4 Å². The fourth-order valence-electron chi connectivity index (χ4n) is 6.67. The third kappa shape index (κ3) is 44.3. The Bertz CT molecular complexity index is 1010. The molecule has 0 aromatic rings. The summed E-state index contributed by atoms with van der Waals surface area (Å²) < 4.78 is 16.7. The molecule has 0 heterocycles. The van der Waals surface area contributed by atoms with E-state index in [1.54, 1.807) is 0 Å². The van der Waals surface area contributed by atoms with Crippen molar-refractivity contribution in [1.82, 2.24) is 0 Å². The normalized spacial score (nSPS) is 12.4. The molecule has 0 aliphatic heterocycles. The van der Waals surface area contributed by atoms with Crippen LogP contribution in [0.2, 0.25) is 0 Å². The molecule has 0 aromatic carbocycles. The highest BCUT2D eigenvalue weighted by atomic mass is 16.6. The van der Waals surface area contributed by atoms with Crippen molar-refractivity contribution in [1.29, 1.82) is 0 Å². The van der Waals surface area contributed by atoms with Crippen molar-refractivity contribution in [3.05, 3.63) is 48.6 Å². The molecular formula is C51H90O6. The molecule has 0 N–H and O–H groups in total. The van der Waals surface area contributed by atoms with Gasteiger partial charge in [-0.05, 0) is 70.6 Å². The summed E-state index contributed by atoms with van der Waals surface area (Å²) in [6.45, 7) is 6.47. The molecule has 0 amide bonds. The number of rotatable bonds is 43. The monoisotopic (exact) mass is 799 g/mol. The minimum absolute atomic E-state index is 0.0803. The second kappa shape index (κ2) is 46.1. The summed E-state index contributed by atoms with van der Waals surface area (Å²) >= 11 is 0. The van der Waals surface area contributed by atoms with Crippen LogP contribution in [-0.4, -0.2) is 37.2 Å². The van der Waals surface area contributed by atoms with E-state index in [1.165, 1.54) is 89.9 Å². The lowest BCUT2D eigenvalue weighted by Gasteiger charge is -2.18. The zero-order valence-corrected chi connectivity index (χ0v) is 37.6. The summed E-state index contributed by atoms with van der Waals surface area (Å²) in [6, 6.07) is 0. The maximum Gasteiger partial charge on any atom is 0.306 e. The highest BCUT2D eigenvalue weighted by Gasteiger charge is 2.19. The summed E-state index contributed by atoms with van der Waals surface area (Å²) in [5.41, 5.74) is 0. The molecule has 0 aliphatic rings. The Balaban J connectivity index is 4.38. The highest BCUT2D eigenvalue weighted by molar-refractivity contribution is 5.71. The zero-order valence-electron chi connectivity index (χ0n) is 37.6. The van der Waals surface area contributed by atoms with Gasteiger partial charge in [0.2, 0.25) is 0 Å². The van der Waals surface area contributed by atoms with Crippen LogP contribution in [0.15, 0.2) is 48.6 Å². The summed E-state index contributed by atoms with van der Waals surface area (Å²) in [5.74, 6) is -0.905. The van der Waals surface area contributed by atoms with Gasteiger partial charge in [-0.15, -0.1) is 0 Å². The van der Waals surface area contributed by atoms with Crippen molar-refractivity contribution in [2.75, 3.05) is 13.2 Å². The molecule has 0 saturated heterocycles. The molecule has 0 bridgehead atoms. The Morgan fingerprint density at radius 3 is 1.14 bits per heavy atom. The van der Waals surface area contributed by atoms with Crippen LogP contribution in [0, 0.1) is 0 Å². The Labute approximate surface area is 352 Å². The number of carbonyl (C=O) groups is 3. The summed E-state index contributed by atoms with van der Waals surface area (Å²) in [6.07, 6.45) is 53.7. The average molecular weight is 799 g/mol. The lowest BCUT2D eigenvalue weighted by Crippen LogP contribution is -2.30. The predicted molar refractivity (Wildman–Crippen MR) is 242 cm³/mol. The fraction of sp³-hybridized carbons (Fsp3) is 0.784. The van der Waals surface area contributed by atoms with E-state index >= 15 is 0 Å². The van der Waals surface area contributed by atoms with E-state index in [4.69, 9.17) is 14.2 Å². The maximum absolute atomic E-state index is 12.7. The second-order valence-corrected chi connectivity index (χ2v) is 16.0. The lowest BCUT2D eigenvalue weighted by molar-refractivity contribution is -0.167. The molecule has 0 rings (SSSR count). The minimum Gasteiger partial charge on any atom is -0.462 e. The molecule has 6 nitrogen and oxygen atoms in total.